The summed E-state index contributed by atoms with van der Waals surface area (Å²) in [5.74, 6) is 0.178. The lowest BCUT2D eigenvalue weighted by Gasteiger charge is -2.24. The summed E-state index contributed by atoms with van der Waals surface area (Å²) in [5, 5.41) is 9.88. The second-order valence-corrected chi connectivity index (χ2v) is 4.96. The van der Waals surface area contributed by atoms with Crippen molar-refractivity contribution in [3.63, 3.8) is 0 Å². The van der Waals surface area contributed by atoms with Crippen LogP contribution in [0.4, 0.5) is 4.39 Å². The minimum atomic E-state index is -0.554. The largest absolute Gasteiger partial charge is 0.389 e. The van der Waals surface area contributed by atoms with Crippen LogP contribution in [0.5, 0.6) is 0 Å². The van der Waals surface area contributed by atoms with Gasteiger partial charge >= 0.3 is 0 Å². The monoisotopic (exact) mass is 228 g/mol. The summed E-state index contributed by atoms with van der Waals surface area (Å²) in [6.07, 6.45) is 10.2. The third-order valence-electron chi connectivity index (χ3n) is 3.50. The lowest BCUT2D eigenvalue weighted by atomic mass is 9.85. The molecule has 94 valence electrons. The minimum absolute atomic E-state index is 0.119. The average Bonchev–Trinajstić information content (AvgIpc) is 2.30. The Bertz CT molecular complexity index is 207. The Labute approximate surface area is 98.7 Å². The summed E-state index contributed by atoms with van der Waals surface area (Å²) >= 11 is 0. The number of allylic oxidation sites excluding steroid dienone is 1. The van der Waals surface area contributed by atoms with Gasteiger partial charge < -0.3 is 5.11 Å². The molecular weight excluding hydrogens is 203 g/mol. The molecule has 1 aliphatic rings. The van der Waals surface area contributed by atoms with Gasteiger partial charge in [0.25, 0.3) is 0 Å². The summed E-state index contributed by atoms with van der Waals surface area (Å²) in [5.41, 5.74) is 0. The van der Waals surface area contributed by atoms with E-state index in [0.29, 0.717) is 12.3 Å². The lowest BCUT2D eigenvalue weighted by Crippen LogP contribution is -2.21. The van der Waals surface area contributed by atoms with Crippen LogP contribution in [-0.4, -0.2) is 11.2 Å². The van der Waals surface area contributed by atoms with E-state index in [9.17, 15) is 9.50 Å². The fraction of sp³-hybridized carbons (Fsp3) is 0.857. The van der Waals surface area contributed by atoms with Crippen molar-refractivity contribution in [1.82, 2.24) is 0 Å². The molecule has 1 aliphatic carbocycles. The zero-order valence-corrected chi connectivity index (χ0v) is 10.4. The molecule has 0 radical (unpaired) electrons. The van der Waals surface area contributed by atoms with E-state index < -0.39 is 6.10 Å². The number of hydrogen-bond donors (Lipinski definition) is 1. The van der Waals surface area contributed by atoms with Gasteiger partial charge in [0, 0.05) is 0 Å². The van der Waals surface area contributed by atoms with Crippen molar-refractivity contribution in [3.8, 4) is 0 Å². The summed E-state index contributed by atoms with van der Waals surface area (Å²) in [6.45, 7) is 2.11. The molecule has 0 amide bonds. The number of aliphatic hydroxyl groups is 1. The highest BCUT2D eigenvalue weighted by Crippen LogP contribution is 2.27. The van der Waals surface area contributed by atoms with Gasteiger partial charge in [0.2, 0.25) is 0 Å². The Kier molecular flexibility index (Phi) is 6.70. The first-order valence-corrected chi connectivity index (χ1v) is 6.78. The predicted molar refractivity (Wildman–Crippen MR) is 65.9 cm³/mol. The normalized spacial score (nSPS) is 21.1. The molecule has 1 fully saturated rings. The molecule has 0 heterocycles. The topological polar surface area (TPSA) is 20.2 Å². The van der Waals surface area contributed by atoms with Crippen LogP contribution < -0.4 is 0 Å². The van der Waals surface area contributed by atoms with Gasteiger partial charge in [0.05, 0.1) is 11.9 Å². The molecule has 1 atom stereocenters. The second-order valence-electron chi connectivity index (χ2n) is 4.96. The number of rotatable bonds is 6. The van der Waals surface area contributed by atoms with Crippen molar-refractivity contribution in [2.24, 2.45) is 5.92 Å². The molecule has 0 aromatic heterocycles. The van der Waals surface area contributed by atoms with Crippen LogP contribution in [0.3, 0.4) is 0 Å². The Balaban J connectivity index is 2.28. The Hall–Kier alpha value is -0.370. The highest BCUT2D eigenvalue weighted by atomic mass is 19.1. The van der Waals surface area contributed by atoms with Crippen LogP contribution in [0.15, 0.2) is 11.9 Å². The van der Waals surface area contributed by atoms with E-state index in [4.69, 9.17) is 0 Å². The zero-order valence-electron chi connectivity index (χ0n) is 10.4. The molecule has 0 aromatic rings. The SMILES string of the molecule is CCCCC/C(F)=C/C(O)C1CCCCC1. The molecule has 1 nitrogen and oxygen atoms in total. The Morgan fingerprint density at radius 3 is 2.62 bits per heavy atom. The highest BCUT2D eigenvalue weighted by Gasteiger charge is 2.20. The van der Waals surface area contributed by atoms with Crippen molar-refractivity contribution in [2.75, 3.05) is 0 Å². The van der Waals surface area contributed by atoms with E-state index in [1.54, 1.807) is 0 Å². The van der Waals surface area contributed by atoms with E-state index >= 15 is 0 Å². The quantitative estimate of drug-likeness (QED) is 0.670. The molecule has 16 heavy (non-hydrogen) atoms. The minimum Gasteiger partial charge on any atom is -0.389 e. The van der Waals surface area contributed by atoms with Gasteiger partial charge in [-0.2, -0.15) is 0 Å². The molecule has 0 bridgehead atoms. The number of aliphatic hydroxyl groups excluding tert-OH is 1. The molecular formula is C14H25FO. The van der Waals surface area contributed by atoms with Gasteiger partial charge in [-0.25, -0.2) is 4.39 Å². The fourth-order valence-electron chi connectivity index (χ4n) is 2.42. The van der Waals surface area contributed by atoms with Crippen LogP contribution in [0.1, 0.15) is 64.7 Å². The van der Waals surface area contributed by atoms with Gasteiger partial charge in [-0.3, -0.25) is 0 Å². The predicted octanol–water partition coefficient (Wildman–Crippen LogP) is 4.36. The average molecular weight is 228 g/mol. The molecule has 1 rings (SSSR count). The lowest BCUT2D eigenvalue weighted by molar-refractivity contribution is 0.123. The molecule has 0 aliphatic heterocycles. The van der Waals surface area contributed by atoms with Gasteiger partial charge in [-0.15, -0.1) is 0 Å². The number of hydrogen-bond acceptors (Lipinski definition) is 1. The van der Waals surface area contributed by atoms with Gasteiger partial charge in [-0.1, -0.05) is 39.0 Å². The molecule has 1 saturated carbocycles. The summed E-state index contributed by atoms with van der Waals surface area (Å²) < 4.78 is 13.4. The smallest absolute Gasteiger partial charge is 0.0985 e. The number of halogens is 1. The summed E-state index contributed by atoms with van der Waals surface area (Å²) in [7, 11) is 0. The maximum Gasteiger partial charge on any atom is 0.0985 e. The molecule has 1 unspecified atom stereocenters. The van der Waals surface area contributed by atoms with Gasteiger partial charge in [0.15, 0.2) is 0 Å². The van der Waals surface area contributed by atoms with Crippen LogP contribution >= 0.6 is 0 Å². The first-order valence-electron chi connectivity index (χ1n) is 6.78. The molecule has 0 spiro atoms. The third kappa shape index (κ3) is 5.11. The van der Waals surface area contributed by atoms with Crippen LogP contribution in [0.25, 0.3) is 0 Å². The van der Waals surface area contributed by atoms with Crippen molar-refractivity contribution in [2.45, 2.75) is 70.8 Å². The van der Waals surface area contributed by atoms with Crippen LogP contribution in [0, 0.1) is 5.92 Å². The van der Waals surface area contributed by atoms with E-state index in [1.807, 2.05) is 0 Å². The first kappa shape index (κ1) is 13.7. The highest BCUT2D eigenvalue weighted by molar-refractivity contribution is 4.99. The van der Waals surface area contributed by atoms with Crippen LogP contribution in [-0.2, 0) is 0 Å². The van der Waals surface area contributed by atoms with Crippen molar-refractivity contribution in [1.29, 1.82) is 0 Å². The molecule has 1 N–H and O–H groups in total. The Morgan fingerprint density at radius 1 is 1.31 bits per heavy atom. The van der Waals surface area contributed by atoms with E-state index in [1.165, 1.54) is 25.3 Å². The fourth-order valence-corrected chi connectivity index (χ4v) is 2.42. The maximum absolute atomic E-state index is 13.4. The Morgan fingerprint density at radius 2 is 2.00 bits per heavy atom. The van der Waals surface area contributed by atoms with E-state index in [0.717, 1.165) is 32.1 Å². The maximum atomic E-state index is 13.4. The molecule has 0 saturated heterocycles. The van der Waals surface area contributed by atoms with Crippen LogP contribution in [0.2, 0.25) is 0 Å². The van der Waals surface area contributed by atoms with Gasteiger partial charge in [0.1, 0.15) is 0 Å². The zero-order chi connectivity index (χ0) is 11.8. The second kappa shape index (κ2) is 7.83. The van der Waals surface area contributed by atoms with Gasteiger partial charge in [-0.05, 0) is 37.7 Å². The summed E-state index contributed by atoms with van der Waals surface area (Å²) in [6, 6.07) is 0. The van der Waals surface area contributed by atoms with Crippen molar-refractivity contribution < 1.29 is 9.50 Å². The van der Waals surface area contributed by atoms with E-state index in [2.05, 4.69) is 6.92 Å². The van der Waals surface area contributed by atoms with Crippen molar-refractivity contribution >= 4 is 0 Å². The molecule has 0 aromatic carbocycles. The van der Waals surface area contributed by atoms with E-state index in [-0.39, 0.29) is 5.83 Å². The molecule has 2 heteroatoms. The summed E-state index contributed by atoms with van der Waals surface area (Å²) in [4.78, 5) is 0. The third-order valence-corrected chi connectivity index (χ3v) is 3.50. The van der Waals surface area contributed by atoms with Crippen molar-refractivity contribution in [3.05, 3.63) is 11.9 Å². The standard InChI is InChI=1S/C14H25FO/c1-2-3-5-10-13(15)11-14(16)12-8-6-4-7-9-12/h11-12,14,16H,2-10H2,1H3/b13-11-. The first-order chi connectivity index (χ1) is 7.74. The number of unbranched alkanes of at least 4 members (excludes halogenated alkanes) is 2.